The molecule has 0 radical (unpaired) electrons. The zero-order valence-corrected chi connectivity index (χ0v) is 15.2. The number of nitrogens with one attached hydrogen (secondary N) is 1. The molecule has 2 aliphatic heterocycles. The predicted molar refractivity (Wildman–Crippen MR) is 66.4 cm³/mol. The van der Waals surface area contributed by atoms with Crippen LogP contribution in [0.5, 0.6) is 0 Å². The summed E-state index contributed by atoms with van der Waals surface area (Å²) in [5.41, 5.74) is -1.04. The number of carbonyl (C=O) groups is 2. The number of fused-ring (bicyclic) bond motifs is 1. The van der Waals surface area contributed by atoms with Gasteiger partial charge in [0.15, 0.2) is 0 Å². The van der Waals surface area contributed by atoms with Crippen molar-refractivity contribution in [3.05, 3.63) is 17.1 Å². The molecule has 0 atom stereocenters. The van der Waals surface area contributed by atoms with Crippen LogP contribution in [-0.2, 0) is 11.2 Å². The number of hydrogen-bond acceptors (Lipinski definition) is 5. The van der Waals surface area contributed by atoms with Crippen LogP contribution in [0.15, 0.2) is 12.3 Å². The third-order valence-electron chi connectivity index (χ3n) is 3.97. The second-order valence-electron chi connectivity index (χ2n) is 5.16. The molecule has 0 unspecified atom stereocenters. The van der Waals surface area contributed by atoms with E-state index in [9.17, 15) is 14.7 Å². The largest absolute Gasteiger partial charge is 1.00 e. The Bertz CT molecular complexity index is 502. The quantitative estimate of drug-likeness (QED) is 0.587. The Morgan fingerprint density at radius 3 is 2.90 bits per heavy atom. The summed E-state index contributed by atoms with van der Waals surface area (Å²) in [5, 5.41) is 14.0. The van der Waals surface area contributed by atoms with E-state index in [2.05, 4.69) is 9.69 Å². The van der Waals surface area contributed by atoms with E-state index >= 15 is 0 Å². The van der Waals surface area contributed by atoms with Crippen molar-refractivity contribution in [1.82, 2.24) is 14.6 Å². The van der Waals surface area contributed by atoms with Crippen molar-refractivity contribution in [2.24, 2.45) is 5.92 Å². The number of nitrogens with zero attached hydrogens (tertiary/aromatic N) is 2. The third kappa shape index (κ3) is 2.82. The molecule has 6 nitrogen and oxygen atoms in total. The van der Waals surface area contributed by atoms with Crippen molar-refractivity contribution < 1.29 is 66.1 Å². The number of urea groups is 1. The molecule has 1 N–H and O–H groups in total. The first kappa shape index (κ1) is 16.4. The maximum absolute atomic E-state index is 12.0. The average molecular weight is 319 g/mol. The number of rotatable bonds is 4. The van der Waals surface area contributed by atoms with Gasteiger partial charge in [-0.05, 0) is 36.4 Å². The Labute approximate surface area is 163 Å². The maximum Gasteiger partial charge on any atom is 1.00 e. The molecule has 2 saturated heterocycles. The van der Waals surface area contributed by atoms with Crippen LogP contribution in [-0.4, -0.2) is 39.9 Å². The summed E-state index contributed by atoms with van der Waals surface area (Å²) in [6, 6.07) is 1.61. The van der Waals surface area contributed by atoms with Gasteiger partial charge in [0.05, 0.1) is 11.5 Å². The van der Waals surface area contributed by atoms with Gasteiger partial charge in [-0.15, -0.1) is 0 Å². The number of carboxylic acids is 1. The molecule has 0 spiro atoms. The van der Waals surface area contributed by atoms with E-state index in [4.69, 9.17) is 0 Å². The molecule has 20 heavy (non-hydrogen) atoms. The summed E-state index contributed by atoms with van der Waals surface area (Å²) in [4.78, 5) is 25.8. The van der Waals surface area contributed by atoms with Crippen molar-refractivity contribution in [2.45, 2.75) is 24.8 Å². The molecule has 1 saturated carbocycles. The van der Waals surface area contributed by atoms with E-state index in [0.717, 1.165) is 4.88 Å². The predicted octanol–water partition coefficient (Wildman–Crippen LogP) is -3.39. The van der Waals surface area contributed by atoms with Gasteiger partial charge in [-0.1, -0.05) is 0 Å². The molecule has 2 bridgehead atoms. The van der Waals surface area contributed by atoms with Gasteiger partial charge in [-0.3, -0.25) is 0 Å². The first-order valence-electron chi connectivity index (χ1n) is 6.28. The van der Waals surface area contributed by atoms with Crippen LogP contribution in [0.2, 0.25) is 0 Å². The van der Waals surface area contributed by atoms with E-state index in [1.807, 2.05) is 6.07 Å². The number of hydrogen-bond donors (Lipinski definition) is 1. The van der Waals surface area contributed by atoms with Crippen LogP contribution in [0.4, 0.5) is 4.79 Å². The molecule has 8 heteroatoms. The Balaban J connectivity index is 0.00000147. The summed E-state index contributed by atoms with van der Waals surface area (Å²) < 4.78 is 3.98. The number of amides is 2. The standard InChI is InChI=1S/C12H15N3O3S.K/c16-10(17)12-5-8(6-12)7-15(12)11(18)13-3-1-9-2-4-14-19-9;/h2,4,8H,1,3,5-7H2,(H,13,18)(H,16,17);/q;+1/p-1. The minimum atomic E-state index is -1.13. The van der Waals surface area contributed by atoms with Gasteiger partial charge >= 0.3 is 57.4 Å². The zero-order chi connectivity index (χ0) is 13.5. The summed E-state index contributed by atoms with van der Waals surface area (Å²) in [6.07, 6.45) is 3.52. The van der Waals surface area contributed by atoms with Crippen LogP contribution in [0.1, 0.15) is 17.7 Å². The first-order chi connectivity index (χ1) is 9.12. The number of aliphatic carboxylic acids is 1. The van der Waals surface area contributed by atoms with E-state index in [0.29, 0.717) is 38.3 Å². The SMILES string of the molecule is O=C(NCCc1ccns1)N1CC2CC1(C(=O)[O-])C2.[K+]. The molecular formula is C12H14KN3O3S. The van der Waals surface area contributed by atoms with Crippen LogP contribution >= 0.6 is 11.5 Å². The average Bonchev–Trinajstić information content (AvgIpc) is 3.01. The summed E-state index contributed by atoms with van der Waals surface area (Å²) in [7, 11) is 0. The molecule has 1 aromatic rings. The monoisotopic (exact) mass is 319 g/mol. The first-order valence-corrected chi connectivity index (χ1v) is 7.06. The second kappa shape index (κ2) is 6.41. The van der Waals surface area contributed by atoms with Crippen molar-refractivity contribution in [2.75, 3.05) is 13.1 Å². The van der Waals surface area contributed by atoms with Crippen LogP contribution in [0.25, 0.3) is 0 Å². The zero-order valence-electron chi connectivity index (χ0n) is 11.3. The fourth-order valence-corrected chi connectivity index (χ4v) is 3.56. The Morgan fingerprint density at radius 1 is 1.55 bits per heavy atom. The summed E-state index contributed by atoms with van der Waals surface area (Å²) in [5.74, 6) is -0.802. The van der Waals surface area contributed by atoms with Crippen LogP contribution in [0, 0.1) is 5.92 Å². The van der Waals surface area contributed by atoms with Crippen molar-refractivity contribution >= 4 is 23.5 Å². The van der Waals surface area contributed by atoms with Gasteiger partial charge in [0.25, 0.3) is 0 Å². The molecule has 1 aromatic heterocycles. The molecule has 4 rings (SSSR count). The topological polar surface area (TPSA) is 85.4 Å². The van der Waals surface area contributed by atoms with E-state index in [-0.39, 0.29) is 57.4 Å². The van der Waals surface area contributed by atoms with Gasteiger partial charge < -0.3 is 20.1 Å². The summed E-state index contributed by atoms with van der Waals surface area (Å²) in [6.45, 7) is 1.02. The fraction of sp³-hybridized carbons (Fsp3) is 0.583. The van der Waals surface area contributed by atoms with Gasteiger partial charge in [0.1, 0.15) is 0 Å². The Kier molecular flexibility index (Phi) is 5.25. The molecule has 0 aromatic carbocycles. The number of carbonyl (C=O) groups excluding carboxylic acids is 2. The van der Waals surface area contributed by atoms with Gasteiger partial charge in [0.2, 0.25) is 0 Å². The van der Waals surface area contributed by atoms with Crippen molar-refractivity contribution in [3.63, 3.8) is 0 Å². The van der Waals surface area contributed by atoms with Gasteiger partial charge in [0, 0.05) is 30.6 Å². The number of aromatic nitrogens is 1. The van der Waals surface area contributed by atoms with Crippen LogP contribution in [0.3, 0.4) is 0 Å². The Hall–Kier alpha value is 0.00636. The maximum atomic E-state index is 12.0. The van der Waals surface area contributed by atoms with Crippen molar-refractivity contribution in [1.29, 1.82) is 0 Å². The molecule has 2 amide bonds. The minimum absolute atomic E-state index is 0. The smallest absolute Gasteiger partial charge is 0.548 e. The molecule has 3 aliphatic rings. The minimum Gasteiger partial charge on any atom is -0.548 e. The summed E-state index contributed by atoms with van der Waals surface area (Å²) >= 11 is 1.40. The van der Waals surface area contributed by atoms with E-state index < -0.39 is 11.5 Å². The molecule has 3 fully saturated rings. The molecule has 102 valence electrons. The van der Waals surface area contributed by atoms with Crippen LogP contribution < -0.4 is 61.8 Å². The van der Waals surface area contributed by atoms with Crippen molar-refractivity contribution in [3.8, 4) is 0 Å². The van der Waals surface area contributed by atoms with Gasteiger partial charge in [-0.25, -0.2) is 9.17 Å². The second-order valence-corrected chi connectivity index (χ2v) is 6.08. The Morgan fingerprint density at radius 2 is 2.30 bits per heavy atom. The normalized spacial score (nSPS) is 26.6. The van der Waals surface area contributed by atoms with E-state index in [1.165, 1.54) is 16.4 Å². The molecular weight excluding hydrogens is 305 g/mol. The third-order valence-corrected chi connectivity index (χ3v) is 4.78. The van der Waals surface area contributed by atoms with Gasteiger partial charge in [-0.2, -0.15) is 0 Å². The van der Waals surface area contributed by atoms with E-state index in [1.54, 1.807) is 6.20 Å². The molecule has 3 heterocycles. The number of carboxylic acid groups (broad SMARTS) is 1. The molecule has 1 aliphatic carbocycles. The fourth-order valence-electron chi connectivity index (χ4n) is 2.99.